The minimum atomic E-state index is -0.579. The molecular weight excluding hydrogens is 392 g/mol. The predicted molar refractivity (Wildman–Crippen MR) is 106 cm³/mol. The number of hydrogen-bond acceptors (Lipinski definition) is 7. The second kappa shape index (κ2) is 8.83. The lowest BCUT2D eigenvalue weighted by molar-refractivity contribution is 0.0948. The van der Waals surface area contributed by atoms with E-state index in [9.17, 15) is 4.79 Å². The number of amides is 1. The SMILES string of the molecule is CC(C#N)NC(=O)c1ccc(-c2nc(Nc3cnn(CC#N)c3)ncc2Cl)cc1. The van der Waals surface area contributed by atoms with Crippen molar-refractivity contribution < 1.29 is 4.79 Å². The Morgan fingerprint density at radius 3 is 2.72 bits per heavy atom. The Balaban J connectivity index is 1.79. The van der Waals surface area contributed by atoms with Crippen molar-refractivity contribution in [2.24, 2.45) is 0 Å². The number of carbonyl (C=O) groups is 1. The number of rotatable bonds is 6. The molecule has 0 fully saturated rings. The Labute approximate surface area is 171 Å². The molecule has 0 aliphatic rings. The van der Waals surface area contributed by atoms with Crippen LogP contribution in [0, 0.1) is 22.7 Å². The van der Waals surface area contributed by atoms with Gasteiger partial charge in [0.05, 0.1) is 40.9 Å². The molecule has 1 unspecified atom stereocenters. The summed E-state index contributed by atoms with van der Waals surface area (Å²) in [5, 5.41) is 27.5. The highest BCUT2D eigenvalue weighted by Crippen LogP contribution is 2.27. The summed E-state index contributed by atoms with van der Waals surface area (Å²) in [7, 11) is 0. The zero-order chi connectivity index (χ0) is 20.8. The van der Waals surface area contributed by atoms with Crippen molar-refractivity contribution in [3.8, 4) is 23.4 Å². The highest BCUT2D eigenvalue weighted by Gasteiger charge is 2.12. The normalized spacial score (nSPS) is 11.2. The summed E-state index contributed by atoms with van der Waals surface area (Å²) in [5.74, 6) is -0.0262. The number of hydrogen-bond donors (Lipinski definition) is 2. The summed E-state index contributed by atoms with van der Waals surface area (Å²) in [5.41, 5.74) is 2.24. The van der Waals surface area contributed by atoms with Crippen molar-refractivity contribution in [3.63, 3.8) is 0 Å². The first-order valence-corrected chi connectivity index (χ1v) is 8.88. The van der Waals surface area contributed by atoms with Crippen molar-refractivity contribution in [2.45, 2.75) is 19.5 Å². The van der Waals surface area contributed by atoms with Crippen LogP contribution in [0.15, 0.2) is 42.9 Å². The molecule has 0 aliphatic heterocycles. The molecule has 1 amide bonds. The molecule has 2 N–H and O–H groups in total. The number of nitriles is 2. The Kier molecular flexibility index (Phi) is 6.03. The van der Waals surface area contributed by atoms with Crippen LogP contribution in [0.4, 0.5) is 11.6 Å². The first-order chi connectivity index (χ1) is 14.0. The number of aromatic nitrogens is 4. The van der Waals surface area contributed by atoms with E-state index in [0.29, 0.717) is 33.5 Å². The molecule has 3 aromatic rings. The third kappa shape index (κ3) is 4.86. The average Bonchev–Trinajstić information content (AvgIpc) is 3.16. The standard InChI is InChI=1S/C19H15ClN8O/c1-12(8-22)25-18(29)14-4-2-13(3-5-14)17-16(20)10-23-19(27-17)26-15-9-24-28(11-15)7-6-21/h2-5,9-12H,7H2,1H3,(H,25,29)(H,23,26,27). The van der Waals surface area contributed by atoms with Crippen LogP contribution in [0.25, 0.3) is 11.3 Å². The van der Waals surface area contributed by atoms with E-state index in [-0.39, 0.29) is 12.5 Å². The number of nitrogens with zero attached hydrogens (tertiary/aromatic N) is 6. The van der Waals surface area contributed by atoms with E-state index in [2.05, 4.69) is 25.7 Å². The number of nitrogens with one attached hydrogen (secondary N) is 2. The second-order valence-corrected chi connectivity index (χ2v) is 6.41. The second-order valence-electron chi connectivity index (χ2n) is 6.00. The van der Waals surface area contributed by atoms with Gasteiger partial charge in [-0.1, -0.05) is 23.7 Å². The van der Waals surface area contributed by atoms with Gasteiger partial charge in [0.1, 0.15) is 12.6 Å². The minimum Gasteiger partial charge on any atom is -0.337 e. The van der Waals surface area contributed by atoms with Gasteiger partial charge >= 0.3 is 0 Å². The van der Waals surface area contributed by atoms with Crippen LogP contribution in [0.1, 0.15) is 17.3 Å². The van der Waals surface area contributed by atoms with Crippen LogP contribution >= 0.6 is 11.6 Å². The maximum absolute atomic E-state index is 12.1. The Morgan fingerprint density at radius 2 is 2.03 bits per heavy atom. The van der Waals surface area contributed by atoms with Gasteiger partial charge in [0.25, 0.3) is 5.91 Å². The van der Waals surface area contributed by atoms with E-state index in [1.807, 2.05) is 12.1 Å². The van der Waals surface area contributed by atoms with Crippen molar-refractivity contribution in [2.75, 3.05) is 5.32 Å². The maximum atomic E-state index is 12.1. The van der Waals surface area contributed by atoms with Crippen molar-refractivity contribution in [3.05, 3.63) is 53.4 Å². The van der Waals surface area contributed by atoms with E-state index in [1.54, 1.807) is 43.6 Å². The van der Waals surface area contributed by atoms with Crippen molar-refractivity contribution >= 4 is 29.1 Å². The molecule has 1 atom stereocenters. The molecule has 0 saturated carbocycles. The molecule has 0 aliphatic carbocycles. The first-order valence-electron chi connectivity index (χ1n) is 8.50. The summed E-state index contributed by atoms with van der Waals surface area (Å²) < 4.78 is 1.48. The molecule has 144 valence electrons. The summed E-state index contributed by atoms with van der Waals surface area (Å²) >= 11 is 6.25. The third-order valence-electron chi connectivity index (χ3n) is 3.83. The van der Waals surface area contributed by atoms with E-state index >= 15 is 0 Å². The summed E-state index contributed by atoms with van der Waals surface area (Å²) in [6.07, 6.45) is 4.70. The Morgan fingerprint density at radius 1 is 1.28 bits per heavy atom. The molecule has 1 aromatic carbocycles. The van der Waals surface area contributed by atoms with Gasteiger partial charge in [0.15, 0.2) is 0 Å². The van der Waals surface area contributed by atoms with Gasteiger partial charge in [0.2, 0.25) is 5.95 Å². The monoisotopic (exact) mass is 406 g/mol. The van der Waals surface area contributed by atoms with E-state index in [1.165, 1.54) is 10.9 Å². The lowest BCUT2D eigenvalue weighted by atomic mass is 10.1. The van der Waals surface area contributed by atoms with Gasteiger partial charge in [-0.3, -0.25) is 9.48 Å². The molecule has 0 spiro atoms. The highest BCUT2D eigenvalue weighted by atomic mass is 35.5. The zero-order valence-electron chi connectivity index (χ0n) is 15.3. The van der Waals surface area contributed by atoms with Crippen LogP contribution in [0.2, 0.25) is 5.02 Å². The molecule has 2 aromatic heterocycles. The molecule has 0 bridgehead atoms. The molecule has 0 radical (unpaired) electrons. The predicted octanol–water partition coefficient (Wildman–Crippen LogP) is 2.90. The van der Waals surface area contributed by atoms with E-state index < -0.39 is 6.04 Å². The summed E-state index contributed by atoms with van der Waals surface area (Å²) in [6.45, 7) is 1.74. The quantitative estimate of drug-likeness (QED) is 0.642. The largest absolute Gasteiger partial charge is 0.337 e. The number of halogens is 1. The van der Waals surface area contributed by atoms with Gasteiger partial charge in [0, 0.05) is 17.3 Å². The molecule has 3 rings (SSSR count). The Bertz CT molecular complexity index is 1110. The lowest BCUT2D eigenvalue weighted by Crippen LogP contribution is -2.31. The van der Waals surface area contributed by atoms with Gasteiger partial charge in [-0.15, -0.1) is 0 Å². The number of anilines is 2. The molecule has 10 heteroatoms. The van der Waals surface area contributed by atoms with Gasteiger partial charge < -0.3 is 10.6 Å². The molecule has 0 saturated heterocycles. The lowest BCUT2D eigenvalue weighted by Gasteiger charge is -2.09. The van der Waals surface area contributed by atoms with Gasteiger partial charge in [-0.05, 0) is 19.1 Å². The van der Waals surface area contributed by atoms with Gasteiger partial charge in [-0.2, -0.15) is 15.6 Å². The first kappa shape index (κ1) is 19.8. The Hall–Kier alpha value is -3.95. The summed E-state index contributed by atoms with van der Waals surface area (Å²) in [4.78, 5) is 20.7. The van der Waals surface area contributed by atoms with E-state index in [4.69, 9.17) is 22.1 Å². The smallest absolute Gasteiger partial charge is 0.252 e. The fraction of sp³-hybridized carbons (Fsp3) is 0.158. The molecule has 29 heavy (non-hydrogen) atoms. The molecule has 9 nitrogen and oxygen atoms in total. The average molecular weight is 407 g/mol. The van der Waals surface area contributed by atoms with Gasteiger partial charge in [-0.25, -0.2) is 9.97 Å². The summed E-state index contributed by atoms with van der Waals surface area (Å²) in [6, 6.07) is 10.1. The molecular formula is C19H15ClN8O. The van der Waals surface area contributed by atoms with E-state index in [0.717, 1.165) is 0 Å². The molecule has 2 heterocycles. The fourth-order valence-electron chi connectivity index (χ4n) is 2.44. The van der Waals surface area contributed by atoms with Crippen LogP contribution in [-0.4, -0.2) is 31.7 Å². The van der Waals surface area contributed by atoms with Crippen LogP contribution in [0.5, 0.6) is 0 Å². The van der Waals surface area contributed by atoms with Crippen LogP contribution in [0.3, 0.4) is 0 Å². The zero-order valence-corrected chi connectivity index (χ0v) is 16.1. The van der Waals surface area contributed by atoms with Crippen molar-refractivity contribution in [1.29, 1.82) is 10.5 Å². The fourth-order valence-corrected chi connectivity index (χ4v) is 2.64. The highest BCUT2D eigenvalue weighted by molar-refractivity contribution is 6.32. The number of carbonyl (C=O) groups excluding carboxylic acids is 1. The van der Waals surface area contributed by atoms with Crippen molar-refractivity contribution in [1.82, 2.24) is 25.1 Å². The van der Waals surface area contributed by atoms with Crippen LogP contribution in [-0.2, 0) is 6.54 Å². The minimum absolute atomic E-state index is 0.140. The maximum Gasteiger partial charge on any atom is 0.252 e. The van der Waals surface area contributed by atoms with Crippen LogP contribution < -0.4 is 10.6 Å². The topological polar surface area (TPSA) is 132 Å². The third-order valence-corrected chi connectivity index (χ3v) is 4.10. The number of benzene rings is 1.